The molecule has 1 amide bonds. The number of anilines is 2. The lowest BCUT2D eigenvalue weighted by Crippen LogP contribution is -2.39. The van der Waals surface area contributed by atoms with Gasteiger partial charge in [-0.05, 0) is 70.2 Å². The van der Waals surface area contributed by atoms with Crippen molar-refractivity contribution in [3.8, 4) is 0 Å². The average molecular weight is 1210 g/mol. The number of unbranched alkanes of at least 4 members (excludes halogenated alkanes) is 1. The zero-order chi connectivity index (χ0) is 53.2. The van der Waals surface area contributed by atoms with Crippen molar-refractivity contribution in [1.82, 2.24) is 24.8 Å². The van der Waals surface area contributed by atoms with Crippen molar-refractivity contribution in [3.05, 3.63) is 52.3 Å². The van der Waals surface area contributed by atoms with E-state index in [1.807, 2.05) is 35.3 Å². The minimum atomic E-state index is -3.62. The van der Waals surface area contributed by atoms with E-state index in [-0.39, 0.29) is 23.2 Å². The topological polar surface area (TPSA) is 223 Å². The summed E-state index contributed by atoms with van der Waals surface area (Å²) in [6, 6.07) is 6.62. The predicted octanol–water partition coefficient (Wildman–Crippen LogP) is 4.93. The Hall–Kier alpha value is -2.64. The number of sulfonamides is 1. The summed E-state index contributed by atoms with van der Waals surface area (Å²) in [6.07, 6.45) is 8.55. The van der Waals surface area contributed by atoms with Crippen molar-refractivity contribution in [2.24, 2.45) is 0 Å². The largest absolute Gasteiger partial charge is 0.379 e. The maximum absolute atomic E-state index is 14.0. The fourth-order valence-corrected chi connectivity index (χ4v) is 9.20. The number of aryl methyl sites for hydroxylation is 1. The molecule has 2 aliphatic heterocycles. The van der Waals surface area contributed by atoms with E-state index in [1.165, 1.54) is 12.1 Å². The number of nitrogens with one attached hydrogen (secondary N) is 2. The van der Waals surface area contributed by atoms with Crippen LogP contribution in [0.3, 0.4) is 0 Å². The number of likely N-dealkylation sites (tertiary alicyclic amines) is 1. The summed E-state index contributed by atoms with van der Waals surface area (Å²) in [5.41, 5.74) is 2.88. The maximum Gasteiger partial charge on any atom is 0.256 e. The number of hydrogen-bond acceptors (Lipinski definition) is 19. The van der Waals surface area contributed by atoms with Gasteiger partial charge >= 0.3 is 0 Å². The maximum atomic E-state index is 14.0. The predicted molar refractivity (Wildman–Crippen MR) is 292 cm³/mol. The molecule has 2 aromatic heterocycles. The molecule has 0 spiro atoms. The van der Waals surface area contributed by atoms with Crippen molar-refractivity contribution in [1.29, 1.82) is 0 Å². The van der Waals surface area contributed by atoms with Gasteiger partial charge in [-0.15, -0.1) is 0 Å². The second kappa shape index (κ2) is 38.0. The van der Waals surface area contributed by atoms with Crippen molar-refractivity contribution >= 4 is 67.7 Å². The molecule has 2 aliphatic rings. The molecule has 25 heteroatoms. The molecule has 5 rings (SSSR count). The summed E-state index contributed by atoms with van der Waals surface area (Å²) in [7, 11) is -3.62. The SMILES string of the molecule is Cc1cn2nc([C@@H]3CCCCN3C(=O)c3cc(Cl)ccc3NS(C)(=O)=O)cc2nc1N1CC[C@H](NCCCCOCCOCCOCCOCCOCCOCCOCCOCCOCCOCCOCCOI)C1. The first-order valence-electron chi connectivity index (χ1n) is 26.1. The van der Waals surface area contributed by atoms with Crippen LogP contribution in [-0.2, 0) is 65.2 Å². The highest BCUT2D eigenvalue weighted by atomic mass is 127. The third-order valence-electron chi connectivity index (χ3n) is 11.9. The van der Waals surface area contributed by atoms with Crippen LogP contribution in [0.15, 0.2) is 30.5 Å². The van der Waals surface area contributed by atoms with Gasteiger partial charge in [0.1, 0.15) is 28.8 Å². The third-order valence-corrected chi connectivity index (χ3v) is 13.2. The molecule has 1 aromatic carbocycles. The van der Waals surface area contributed by atoms with E-state index >= 15 is 0 Å². The van der Waals surface area contributed by atoms with Gasteiger partial charge < -0.3 is 70.3 Å². The van der Waals surface area contributed by atoms with E-state index in [0.29, 0.717) is 175 Å². The Labute approximate surface area is 462 Å². The summed E-state index contributed by atoms with van der Waals surface area (Å²) in [4.78, 5) is 23.2. The number of fused-ring (bicyclic) bond motifs is 1. The van der Waals surface area contributed by atoms with Crippen LogP contribution in [0, 0.1) is 6.92 Å². The van der Waals surface area contributed by atoms with Gasteiger partial charge in [0.15, 0.2) is 5.65 Å². The molecular formula is C50H81ClIN7O15S. The lowest BCUT2D eigenvalue weighted by molar-refractivity contribution is -0.0276. The number of nitrogens with zero attached hydrogens (tertiary/aromatic N) is 5. The van der Waals surface area contributed by atoms with Crippen molar-refractivity contribution in [2.45, 2.75) is 57.5 Å². The van der Waals surface area contributed by atoms with Crippen LogP contribution in [0.5, 0.6) is 0 Å². The first-order chi connectivity index (χ1) is 36.6. The highest BCUT2D eigenvalue weighted by Gasteiger charge is 2.33. The zero-order valence-corrected chi connectivity index (χ0v) is 47.6. The number of carbonyl (C=O) groups is 1. The normalized spacial score (nSPS) is 16.2. The smallest absolute Gasteiger partial charge is 0.256 e. The summed E-state index contributed by atoms with van der Waals surface area (Å²) in [5, 5.41) is 8.95. The highest BCUT2D eigenvalue weighted by molar-refractivity contribution is 14.1. The average Bonchev–Trinajstić information content (AvgIpc) is 4.05. The Bertz CT molecular complexity index is 2140. The molecule has 0 aliphatic carbocycles. The summed E-state index contributed by atoms with van der Waals surface area (Å²) in [6.45, 7) is 17.2. The van der Waals surface area contributed by atoms with Crippen LogP contribution < -0.4 is 14.9 Å². The molecule has 2 N–H and O–H groups in total. The second-order valence-electron chi connectivity index (χ2n) is 17.8. The van der Waals surface area contributed by atoms with Gasteiger partial charge in [0.25, 0.3) is 5.91 Å². The lowest BCUT2D eigenvalue weighted by Gasteiger charge is -2.35. The first-order valence-corrected chi connectivity index (χ1v) is 29.3. The number of piperidine rings is 1. The van der Waals surface area contributed by atoms with Crippen LogP contribution in [-0.4, -0.2) is 224 Å². The Morgan fingerprint density at radius 1 is 0.680 bits per heavy atom. The number of carbonyl (C=O) groups excluding carboxylic acids is 1. The van der Waals surface area contributed by atoms with Gasteiger partial charge in [-0.2, -0.15) is 5.10 Å². The third kappa shape index (κ3) is 25.8. The summed E-state index contributed by atoms with van der Waals surface area (Å²) < 4.78 is 94.1. The van der Waals surface area contributed by atoms with Crippen molar-refractivity contribution in [3.63, 3.8) is 0 Å². The van der Waals surface area contributed by atoms with Gasteiger partial charge in [-0.1, -0.05) is 11.6 Å². The van der Waals surface area contributed by atoms with Gasteiger partial charge in [0, 0.05) is 55.1 Å². The van der Waals surface area contributed by atoms with Crippen LogP contribution in [0.1, 0.15) is 66.2 Å². The first kappa shape index (κ1) is 63.2. The fraction of sp³-hybridized carbons (Fsp3) is 0.740. The number of benzene rings is 1. The molecule has 0 unspecified atom stereocenters. The van der Waals surface area contributed by atoms with E-state index in [1.54, 1.807) is 15.5 Å². The van der Waals surface area contributed by atoms with E-state index < -0.39 is 10.0 Å². The monoisotopic (exact) mass is 1210 g/mol. The van der Waals surface area contributed by atoms with Crippen LogP contribution in [0.25, 0.3) is 5.65 Å². The number of hydrogen-bond donors (Lipinski definition) is 2. The standard InChI is InChI=1S/C50H81ClIN7O15S/c1-41-39-59-48(38-46(55-59)47-7-3-5-12-58(47)50(60)44-37-42(51)8-9-45(44)56-75(2,61)62)54-49(41)57-13-10-43(40-57)53-11-4-6-14-63-15-16-64-17-18-65-19-20-66-21-22-67-23-24-68-25-26-69-27-28-70-29-30-71-31-32-72-33-34-73-35-36-74-52/h8-9,37-39,43,47,53,56H,3-7,10-36,40H2,1-2H3/t43-,47-/m0/s1. The summed E-state index contributed by atoms with van der Waals surface area (Å²) in [5.74, 6) is 0.634. The minimum Gasteiger partial charge on any atom is -0.379 e. The number of rotatable bonds is 44. The molecule has 0 bridgehead atoms. The minimum absolute atomic E-state index is 0.196. The molecule has 22 nitrogen and oxygen atoms in total. The molecule has 2 atom stereocenters. The molecule has 2 fully saturated rings. The van der Waals surface area contributed by atoms with Crippen molar-refractivity contribution < 1.29 is 68.4 Å². The number of aromatic nitrogens is 3. The fourth-order valence-electron chi connectivity index (χ4n) is 8.27. The van der Waals surface area contributed by atoms with Gasteiger partial charge in [0.05, 0.1) is 175 Å². The van der Waals surface area contributed by atoms with Crippen LogP contribution >= 0.6 is 34.6 Å². The molecule has 4 heterocycles. The van der Waals surface area contributed by atoms with E-state index in [0.717, 1.165) is 81.5 Å². The lowest BCUT2D eigenvalue weighted by atomic mass is 9.98. The molecule has 75 heavy (non-hydrogen) atoms. The molecule has 426 valence electrons. The quantitative estimate of drug-likeness (QED) is 0.0566. The van der Waals surface area contributed by atoms with Crippen LogP contribution in [0.2, 0.25) is 5.02 Å². The van der Waals surface area contributed by atoms with Gasteiger partial charge in [-0.25, -0.2) is 17.9 Å². The molecule has 0 radical (unpaired) electrons. The summed E-state index contributed by atoms with van der Waals surface area (Å²) >= 11 is 8.12. The Morgan fingerprint density at radius 3 is 1.69 bits per heavy atom. The zero-order valence-electron chi connectivity index (χ0n) is 43.9. The Morgan fingerprint density at radius 2 is 1.19 bits per heavy atom. The highest BCUT2D eigenvalue weighted by Crippen LogP contribution is 2.34. The number of halogens is 2. The van der Waals surface area contributed by atoms with E-state index in [2.05, 4.69) is 21.9 Å². The van der Waals surface area contributed by atoms with Crippen LogP contribution in [0.4, 0.5) is 11.5 Å². The van der Waals surface area contributed by atoms with Gasteiger partial charge in [-0.3, -0.25) is 9.52 Å². The Balaban J connectivity index is 0.785. The van der Waals surface area contributed by atoms with E-state index in [9.17, 15) is 13.2 Å². The van der Waals surface area contributed by atoms with E-state index in [4.69, 9.17) is 76.9 Å². The molecule has 0 saturated carbocycles. The van der Waals surface area contributed by atoms with Crippen molar-refractivity contribution in [2.75, 3.05) is 194 Å². The molecule has 2 saturated heterocycles. The van der Waals surface area contributed by atoms with Gasteiger partial charge in [0.2, 0.25) is 10.0 Å². The second-order valence-corrected chi connectivity index (χ2v) is 20.6. The number of amides is 1. The molecular weight excluding hydrogens is 1130 g/mol. The Kier molecular flexibility index (Phi) is 32.1. The number of ether oxygens (including phenoxy) is 11. The molecule has 3 aromatic rings.